The fraction of sp³-hybridized carbons (Fsp3) is 0.238. The van der Waals surface area contributed by atoms with Crippen molar-refractivity contribution in [3.05, 3.63) is 71.8 Å². The van der Waals surface area contributed by atoms with Gasteiger partial charge >= 0.3 is 148 Å². The standard InChI is InChI=1S/C21H25O3P/c1-15-9-12-20(19(13-15)21(2,3)4)25(22,23,24)18-11-10-16-7-5-6-8-17(16)14-18/h5-14,22-24H,1-4H3. The van der Waals surface area contributed by atoms with E-state index in [1.807, 2.05) is 58.0 Å². The van der Waals surface area contributed by atoms with E-state index >= 15 is 0 Å². The summed E-state index contributed by atoms with van der Waals surface area (Å²) in [5, 5.41) is 2.20. The molecule has 3 aromatic carbocycles. The summed E-state index contributed by atoms with van der Waals surface area (Å²) < 4.78 is 0. The molecule has 0 bridgehead atoms. The van der Waals surface area contributed by atoms with Gasteiger partial charge in [0, 0.05) is 0 Å². The molecule has 0 saturated heterocycles. The van der Waals surface area contributed by atoms with Crippen LogP contribution in [0.5, 0.6) is 0 Å². The van der Waals surface area contributed by atoms with Gasteiger partial charge in [-0.3, -0.25) is 0 Å². The fourth-order valence-corrected chi connectivity index (χ4v) is 5.38. The van der Waals surface area contributed by atoms with Crippen molar-refractivity contribution in [3.8, 4) is 0 Å². The molecule has 0 aliphatic rings. The van der Waals surface area contributed by atoms with E-state index in [0.29, 0.717) is 0 Å². The molecule has 3 N–H and O–H groups in total. The molecule has 3 aromatic rings. The van der Waals surface area contributed by atoms with Crippen molar-refractivity contribution in [3.63, 3.8) is 0 Å². The summed E-state index contributed by atoms with van der Waals surface area (Å²) in [7, 11) is -5.24. The predicted molar refractivity (Wildman–Crippen MR) is 107 cm³/mol. The Morgan fingerprint density at radius 1 is 0.760 bits per heavy atom. The fourth-order valence-electron chi connectivity index (χ4n) is 3.18. The molecule has 0 heterocycles. The quantitative estimate of drug-likeness (QED) is 0.614. The van der Waals surface area contributed by atoms with Gasteiger partial charge in [-0.05, 0) is 0 Å². The molecule has 0 radical (unpaired) electrons. The van der Waals surface area contributed by atoms with Crippen LogP contribution in [0.25, 0.3) is 10.8 Å². The van der Waals surface area contributed by atoms with Crippen LogP contribution in [0.2, 0.25) is 0 Å². The van der Waals surface area contributed by atoms with Crippen LogP contribution in [0, 0.1) is 6.92 Å². The molecular weight excluding hydrogens is 331 g/mol. The monoisotopic (exact) mass is 356 g/mol. The van der Waals surface area contributed by atoms with Crippen LogP contribution in [0.3, 0.4) is 0 Å². The first-order valence-corrected chi connectivity index (χ1v) is 10.4. The molecule has 0 aliphatic carbocycles. The van der Waals surface area contributed by atoms with Crippen LogP contribution in [-0.2, 0) is 5.41 Å². The van der Waals surface area contributed by atoms with Gasteiger partial charge in [-0.1, -0.05) is 0 Å². The number of fused-ring (bicyclic) bond motifs is 1. The predicted octanol–water partition coefficient (Wildman–Crippen LogP) is 3.67. The molecule has 0 atom stereocenters. The Hall–Kier alpha value is -1.77. The summed E-state index contributed by atoms with van der Waals surface area (Å²) in [5.41, 5.74) is 1.42. The molecule has 132 valence electrons. The third-order valence-electron chi connectivity index (χ3n) is 4.61. The van der Waals surface area contributed by atoms with Crippen molar-refractivity contribution in [2.45, 2.75) is 33.1 Å². The van der Waals surface area contributed by atoms with E-state index in [4.69, 9.17) is 0 Å². The van der Waals surface area contributed by atoms with E-state index in [9.17, 15) is 14.7 Å². The van der Waals surface area contributed by atoms with Gasteiger partial charge in [-0.2, -0.15) is 0 Å². The summed E-state index contributed by atoms with van der Waals surface area (Å²) in [6, 6.07) is 18.1. The van der Waals surface area contributed by atoms with Crippen molar-refractivity contribution in [1.82, 2.24) is 0 Å². The summed E-state index contributed by atoms with van der Waals surface area (Å²) in [5.74, 6) is 0. The molecule has 0 aromatic heterocycles. The Kier molecular flexibility index (Phi) is 4.05. The van der Waals surface area contributed by atoms with Gasteiger partial charge in [0.25, 0.3) is 0 Å². The zero-order valence-corrected chi connectivity index (χ0v) is 16.0. The van der Waals surface area contributed by atoms with E-state index in [-0.39, 0.29) is 16.0 Å². The molecular formula is C21H25O3P. The third kappa shape index (κ3) is 3.21. The Balaban J connectivity index is 2.29. The molecule has 25 heavy (non-hydrogen) atoms. The maximum absolute atomic E-state index is 11.2. The molecule has 4 heteroatoms. The van der Waals surface area contributed by atoms with Gasteiger partial charge in [0.2, 0.25) is 0 Å². The third-order valence-corrected chi connectivity index (χ3v) is 7.12. The van der Waals surface area contributed by atoms with E-state index in [2.05, 4.69) is 0 Å². The first kappa shape index (κ1) is 18.0. The molecule has 0 unspecified atom stereocenters. The normalized spacial score (nSPS) is 14.3. The van der Waals surface area contributed by atoms with Gasteiger partial charge in [0.05, 0.1) is 0 Å². The van der Waals surface area contributed by atoms with Crippen LogP contribution in [0.15, 0.2) is 60.7 Å². The Bertz CT molecular complexity index is 946. The first-order chi connectivity index (χ1) is 11.5. The minimum absolute atomic E-state index is 0.152. The average Bonchev–Trinajstić information content (AvgIpc) is 2.53. The van der Waals surface area contributed by atoms with Gasteiger partial charge in [-0.25, -0.2) is 0 Å². The second kappa shape index (κ2) is 5.62. The Morgan fingerprint density at radius 2 is 1.40 bits per heavy atom. The van der Waals surface area contributed by atoms with Crippen molar-refractivity contribution in [2.24, 2.45) is 0 Å². The van der Waals surface area contributed by atoms with Crippen molar-refractivity contribution in [1.29, 1.82) is 0 Å². The van der Waals surface area contributed by atoms with E-state index in [1.54, 1.807) is 30.3 Å². The summed E-state index contributed by atoms with van der Waals surface area (Å²) in [6.45, 7) is 7.95. The first-order valence-electron chi connectivity index (χ1n) is 8.35. The average molecular weight is 356 g/mol. The number of hydrogen-bond donors (Lipinski definition) is 3. The number of rotatable bonds is 2. The SMILES string of the molecule is Cc1ccc(P(O)(O)(O)c2ccc3ccccc3c2)c(C(C)(C)C)c1. The second-order valence-corrected chi connectivity index (χ2v) is 10.7. The van der Waals surface area contributed by atoms with Crippen LogP contribution in [0.4, 0.5) is 0 Å². The summed E-state index contributed by atoms with van der Waals surface area (Å²) in [6.07, 6.45) is 0. The van der Waals surface area contributed by atoms with Crippen LogP contribution in [0.1, 0.15) is 31.9 Å². The minimum atomic E-state index is -5.24. The van der Waals surface area contributed by atoms with E-state index in [0.717, 1.165) is 21.9 Å². The second-order valence-electron chi connectivity index (χ2n) is 7.78. The molecule has 0 fully saturated rings. The van der Waals surface area contributed by atoms with Crippen LogP contribution >= 0.6 is 7.28 Å². The summed E-state index contributed by atoms with van der Waals surface area (Å²) in [4.78, 5) is 33.5. The topological polar surface area (TPSA) is 60.7 Å². The Morgan fingerprint density at radius 3 is 2.04 bits per heavy atom. The molecule has 0 amide bonds. The van der Waals surface area contributed by atoms with Crippen molar-refractivity contribution >= 4 is 28.7 Å². The van der Waals surface area contributed by atoms with E-state index in [1.165, 1.54) is 0 Å². The maximum atomic E-state index is 11.2. The summed E-state index contributed by atoms with van der Waals surface area (Å²) >= 11 is 0. The van der Waals surface area contributed by atoms with Gasteiger partial charge in [0.1, 0.15) is 0 Å². The molecule has 3 rings (SSSR count). The van der Waals surface area contributed by atoms with Crippen molar-refractivity contribution in [2.75, 3.05) is 0 Å². The number of aryl methyl sites for hydroxylation is 1. The van der Waals surface area contributed by atoms with Gasteiger partial charge in [0.15, 0.2) is 0 Å². The molecule has 3 nitrogen and oxygen atoms in total. The van der Waals surface area contributed by atoms with Crippen molar-refractivity contribution < 1.29 is 14.7 Å². The zero-order valence-electron chi connectivity index (χ0n) is 15.1. The number of benzene rings is 3. The molecule has 0 aliphatic heterocycles. The van der Waals surface area contributed by atoms with Crippen LogP contribution < -0.4 is 10.6 Å². The molecule has 0 saturated carbocycles. The van der Waals surface area contributed by atoms with Gasteiger partial charge < -0.3 is 0 Å². The van der Waals surface area contributed by atoms with Gasteiger partial charge in [-0.15, -0.1) is 0 Å². The van der Waals surface area contributed by atoms with E-state index < -0.39 is 7.28 Å². The molecule has 0 spiro atoms. The Labute approximate surface area is 148 Å². The van der Waals surface area contributed by atoms with Crippen LogP contribution in [-0.4, -0.2) is 14.7 Å². The zero-order chi connectivity index (χ0) is 18.5. The number of hydrogen-bond acceptors (Lipinski definition) is 3.